The van der Waals surface area contributed by atoms with Gasteiger partial charge in [0, 0.05) is 12.6 Å². The number of benzene rings is 2. The second kappa shape index (κ2) is 7.63. The van der Waals surface area contributed by atoms with E-state index in [1.54, 1.807) is 48.5 Å². The Kier molecular flexibility index (Phi) is 5.28. The normalized spacial score (nSPS) is 14.0. The molecule has 27 heavy (non-hydrogen) atoms. The molecule has 6 nitrogen and oxygen atoms in total. The van der Waals surface area contributed by atoms with E-state index in [4.69, 9.17) is 16.3 Å². The zero-order valence-corrected chi connectivity index (χ0v) is 15.5. The second-order valence-electron chi connectivity index (χ2n) is 5.79. The van der Waals surface area contributed by atoms with Gasteiger partial charge in [-0.2, -0.15) is 0 Å². The average Bonchev–Trinajstić information content (AvgIpc) is 2.86. The lowest BCUT2D eigenvalue weighted by atomic mass is 10.1. The van der Waals surface area contributed by atoms with Gasteiger partial charge in [-0.3, -0.25) is 14.4 Å². The van der Waals surface area contributed by atoms with Gasteiger partial charge in [-0.1, -0.05) is 35.9 Å². The summed E-state index contributed by atoms with van der Waals surface area (Å²) < 4.78 is 5.53. The monoisotopic (exact) mass is 384 g/mol. The lowest BCUT2D eigenvalue weighted by molar-refractivity contribution is -0.120. The van der Waals surface area contributed by atoms with Gasteiger partial charge in [0.05, 0.1) is 17.9 Å². The van der Waals surface area contributed by atoms with Crippen molar-refractivity contribution in [2.24, 2.45) is 0 Å². The molecule has 1 aliphatic rings. The van der Waals surface area contributed by atoms with Gasteiger partial charge in [-0.05, 0) is 36.8 Å². The van der Waals surface area contributed by atoms with Crippen LogP contribution >= 0.6 is 11.6 Å². The van der Waals surface area contributed by atoms with Crippen LogP contribution in [-0.2, 0) is 14.4 Å². The largest absolute Gasteiger partial charge is 0.492 e. The number of amides is 3. The summed E-state index contributed by atoms with van der Waals surface area (Å²) >= 11 is 6.21. The Labute approximate surface area is 161 Å². The second-order valence-corrected chi connectivity index (χ2v) is 6.17. The van der Waals surface area contributed by atoms with E-state index in [0.717, 1.165) is 4.90 Å². The summed E-state index contributed by atoms with van der Waals surface area (Å²) in [5.41, 5.74) is 1.53. The molecule has 7 heteroatoms. The number of para-hydroxylation sites is 2. The number of rotatable bonds is 5. The molecule has 2 aromatic carbocycles. The lowest BCUT2D eigenvalue weighted by Gasteiger charge is -2.18. The third-order valence-corrected chi connectivity index (χ3v) is 4.28. The van der Waals surface area contributed by atoms with Gasteiger partial charge in [0.15, 0.2) is 0 Å². The van der Waals surface area contributed by atoms with E-state index in [9.17, 15) is 14.4 Å². The van der Waals surface area contributed by atoms with Crippen molar-refractivity contribution in [1.29, 1.82) is 0 Å². The first-order valence-electron chi connectivity index (χ1n) is 8.32. The van der Waals surface area contributed by atoms with E-state index in [-0.39, 0.29) is 16.5 Å². The van der Waals surface area contributed by atoms with E-state index in [2.05, 4.69) is 5.32 Å². The minimum atomic E-state index is -0.602. The molecule has 3 rings (SSSR count). The smallest absolute Gasteiger partial charge is 0.277 e. The Hall–Kier alpha value is -3.12. The molecule has 2 aromatic rings. The SMILES string of the molecule is CCOc1ccccc1N1C(=O)C(Cl)=C(c2ccc(NC(C)=O)cc2)C1=O. The summed E-state index contributed by atoms with van der Waals surface area (Å²) in [6.07, 6.45) is 0. The van der Waals surface area contributed by atoms with Crippen molar-refractivity contribution in [3.05, 3.63) is 59.1 Å². The van der Waals surface area contributed by atoms with Crippen molar-refractivity contribution in [2.75, 3.05) is 16.8 Å². The van der Waals surface area contributed by atoms with Crippen LogP contribution in [0, 0.1) is 0 Å². The Bertz CT molecular complexity index is 951. The predicted molar refractivity (Wildman–Crippen MR) is 104 cm³/mol. The van der Waals surface area contributed by atoms with Crippen LogP contribution in [0.5, 0.6) is 5.75 Å². The first-order valence-corrected chi connectivity index (χ1v) is 8.70. The molecular weight excluding hydrogens is 368 g/mol. The molecule has 0 bridgehead atoms. The van der Waals surface area contributed by atoms with Crippen LogP contribution in [0.25, 0.3) is 5.57 Å². The highest BCUT2D eigenvalue weighted by Crippen LogP contribution is 2.38. The first kappa shape index (κ1) is 18.7. The Balaban J connectivity index is 1.96. The molecule has 1 heterocycles. The van der Waals surface area contributed by atoms with Crippen LogP contribution in [0.15, 0.2) is 53.6 Å². The maximum absolute atomic E-state index is 13.0. The van der Waals surface area contributed by atoms with Crippen molar-refractivity contribution in [1.82, 2.24) is 0 Å². The Morgan fingerprint density at radius 2 is 1.74 bits per heavy atom. The zero-order valence-electron chi connectivity index (χ0n) is 14.8. The van der Waals surface area contributed by atoms with Crippen molar-refractivity contribution >= 4 is 46.3 Å². The van der Waals surface area contributed by atoms with Crippen LogP contribution in [0.4, 0.5) is 11.4 Å². The number of anilines is 2. The molecule has 1 N–H and O–H groups in total. The molecule has 0 aromatic heterocycles. The number of halogens is 1. The molecule has 138 valence electrons. The van der Waals surface area contributed by atoms with Crippen LogP contribution in [0.3, 0.4) is 0 Å². The van der Waals surface area contributed by atoms with Crippen LogP contribution in [-0.4, -0.2) is 24.3 Å². The summed E-state index contributed by atoms with van der Waals surface area (Å²) in [6, 6.07) is 13.3. The number of carbonyl (C=O) groups excluding carboxylic acids is 3. The molecule has 0 unspecified atom stereocenters. The quantitative estimate of drug-likeness (QED) is 0.799. The number of nitrogens with one attached hydrogen (secondary N) is 1. The van der Waals surface area contributed by atoms with Crippen LogP contribution in [0.2, 0.25) is 0 Å². The van der Waals surface area contributed by atoms with E-state index >= 15 is 0 Å². The topological polar surface area (TPSA) is 75.7 Å². The maximum atomic E-state index is 13.0. The van der Waals surface area contributed by atoms with Gasteiger partial charge in [0.1, 0.15) is 10.8 Å². The highest BCUT2D eigenvalue weighted by Gasteiger charge is 2.40. The molecule has 1 aliphatic heterocycles. The number of carbonyl (C=O) groups is 3. The van der Waals surface area contributed by atoms with Crippen molar-refractivity contribution < 1.29 is 19.1 Å². The third kappa shape index (κ3) is 3.57. The minimum Gasteiger partial charge on any atom is -0.492 e. The van der Waals surface area contributed by atoms with E-state index < -0.39 is 11.8 Å². The molecule has 0 radical (unpaired) electrons. The molecule has 0 saturated carbocycles. The Morgan fingerprint density at radius 3 is 2.37 bits per heavy atom. The molecule has 0 aliphatic carbocycles. The summed E-state index contributed by atoms with van der Waals surface area (Å²) in [7, 11) is 0. The van der Waals surface area contributed by atoms with Gasteiger partial charge in [-0.15, -0.1) is 0 Å². The van der Waals surface area contributed by atoms with Crippen molar-refractivity contribution in [3.63, 3.8) is 0 Å². The van der Waals surface area contributed by atoms with Crippen molar-refractivity contribution in [3.8, 4) is 5.75 Å². The third-order valence-electron chi connectivity index (χ3n) is 3.93. The van der Waals surface area contributed by atoms with E-state index in [1.807, 2.05) is 6.92 Å². The number of hydrogen-bond donors (Lipinski definition) is 1. The zero-order chi connectivity index (χ0) is 19.6. The van der Waals surface area contributed by atoms with Crippen molar-refractivity contribution in [2.45, 2.75) is 13.8 Å². The molecule has 3 amide bonds. The summed E-state index contributed by atoms with van der Waals surface area (Å²) in [5, 5.41) is 2.49. The average molecular weight is 385 g/mol. The number of imide groups is 1. The Morgan fingerprint density at radius 1 is 1.07 bits per heavy atom. The number of hydrogen-bond acceptors (Lipinski definition) is 4. The number of ether oxygens (including phenoxy) is 1. The lowest BCUT2D eigenvalue weighted by Crippen LogP contribution is -2.31. The van der Waals surface area contributed by atoms with Crippen LogP contribution in [0.1, 0.15) is 19.4 Å². The van der Waals surface area contributed by atoms with Gasteiger partial charge in [0.2, 0.25) is 5.91 Å². The van der Waals surface area contributed by atoms with E-state index in [0.29, 0.717) is 29.3 Å². The maximum Gasteiger partial charge on any atom is 0.277 e. The van der Waals surface area contributed by atoms with Crippen LogP contribution < -0.4 is 15.0 Å². The van der Waals surface area contributed by atoms with Gasteiger partial charge < -0.3 is 10.1 Å². The highest BCUT2D eigenvalue weighted by molar-refractivity contribution is 6.60. The first-order chi connectivity index (χ1) is 12.9. The minimum absolute atomic E-state index is 0.113. The summed E-state index contributed by atoms with van der Waals surface area (Å²) in [6.45, 7) is 3.61. The standard InChI is InChI=1S/C20H17ClN2O4/c1-3-27-16-7-5-4-6-15(16)23-19(25)17(18(21)20(23)26)13-8-10-14(11-9-13)22-12(2)24/h4-11H,3H2,1-2H3,(H,22,24). The van der Waals surface area contributed by atoms with Gasteiger partial charge in [0.25, 0.3) is 11.8 Å². The van der Waals surface area contributed by atoms with Gasteiger partial charge >= 0.3 is 0 Å². The summed E-state index contributed by atoms with van der Waals surface area (Å²) in [4.78, 5) is 37.8. The predicted octanol–water partition coefficient (Wildman–Crippen LogP) is 3.57. The van der Waals surface area contributed by atoms with Gasteiger partial charge in [-0.25, -0.2) is 4.90 Å². The number of nitrogens with zero attached hydrogens (tertiary/aromatic N) is 1. The fourth-order valence-corrected chi connectivity index (χ4v) is 3.09. The molecule has 0 saturated heterocycles. The molecule has 0 fully saturated rings. The van der Waals surface area contributed by atoms with E-state index in [1.165, 1.54) is 6.92 Å². The fraction of sp³-hybridized carbons (Fsp3) is 0.150. The molecule has 0 spiro atoms. The highest BCUT2D eigenvalue weighted by atomic mass is 35.5. The summed E-state index contributed by atoms with van der Waals surface area (Å²) in [5.74, 6) is -0.904. The fourth-order valence-electron chi connectivity index (χ4n) is 2.81. The molecular formula is C20H17ClN2O4. The molecule has 0 atom stereocenters.